The van der Waals surface area contributed by atoms with Crippen molar-refractivity contribution in [3.05, 3.63) is 43.0 Å². The summed E-state index contributed by atoms with van der Waals surface area (Å²) < 4.78 is 9.66. The number of nitrogens with two attached hydrogens (primary N) is 1. The van der Waals surface area contributed by atoms with Gasteiger partial charge >= 0.3 is 0 Å². The number of hydrogen-bond donors (Lipinski definition) is 1. The monoisotopic (exact) mass is 352 g/mol. The molecular formula is C18H20N6O2. The Morgan fingerprint density at radius 2 is 2.19 bits per heavy atom. The van der Waals surface area contributed by atoms with Crippen molar-refractivity contribution in [1.82, 2.24) is 24.4 Å². The minimum atomic E-state index is -0.439. The van der Waals surface area contributed by atoms with Gasteiger partial charge in [0.15, 0.2) is 0 Å². The average molecular weight is 352 g/mol. The number of carbonyl (C=O) groups excluding carboxylic acids is 1. The van der Waals surface area contributed by atoms with E-state index in [1.165, 1.54) is 0 Å². The number of amides is 1. The van der Waals surface area contributed by atoms with E-state index in [9.17, 15) is 4.79 Å². The molecule has 3 aromatic rings. The third kappa shape index (κ3) is 2.94. The lowest BCUT2D eigenvalue weighted by atomic mass is 9.98. The van der Waals surface area contributed by atoms with Crippen LogP contribution >= 0.6 is 0 Å². The minimum Gasteiger partial charge on any atom is -0.473 e. The molecule has 2 atom stereocenters. The van der Waals surface area contributed by atoms with Crippen LogP contribution in [0.3, 0.4) is 0 Å². The van der Waals surface area contributed by atoms with Crippen molar-refractivity contribution >= 4 is 11.4 Å². The summed E-state index contributed by atoms with van der Waals surface area (Å²) in [5.41, 5.74) is 8.25. The van der Waals surface area contributed by atoms with Crippen LogP contribution in [-0.2, 0) is 11.8 Å². The van der Waals surface area contributed by atoms with Gasteiger partial charge in [0.05, 0.1) is 24.3 Å². The molecule has 0 aliphatic heterocycles. The molecule has 8 nitrogen and oxygen atoms in total. The third-order valence-corrected chi connectivity index (χ3v) is 4.83. The van der Waals surface area contributed by atoms with Gasteiger partial charge in [0.25, 0.3) is 0 Å². The number of hydrogen-bond acceptors (Lipinski definition) is 5. The molecule has 8 heteroatoms. The zero-order valence-electron chi connectivity index (χ0n) is 14.5. The molecule has 1 saturated carbocycles. The van der Waals surface area contributed by atoms with Crippen molar-refractivity contribution in [3.8, 4) is 17.1 Å². The van der Waals surface area contributed by atoms with Crippen LogP contribution in [0.4, 0.5) is 0 Å². The Bertz CT molecular complexity index is 989. The molecule has 26 heavy (non-hydrogen) atoms. The van der Waals surface area contributed by atoms with Gasteiger partial charge in [-0.2, -0.15) is 10.2 Å². The highest BCUT2D eigenvalue weighted by atomic mass is 16.5. The fraction of sp³-hybridized carbons (Fsp3) is 0.333. The highest BCUT2D eigenvalue weighted by molar-refractivity contribution is 5.91. The quantitative estimate of drug-likeness (QED) is 0.705. The van der Waals surface area contributed by atoms with Crippen molar-refractivity contribution in [1.29, 1.82) is 0 Å². The Hall–Kier alpha value is -3.16. The standard InChI is InChI=1S/C18H20N6O2/c1-11(17(19)25)12-3-4-14(7-12)26-18-16-5-6-20-24(16)10-15(22-18)13-8-21-23(2)9-13/h5-6,8-10,12,14H,1,3-4,7H2,2H3,(H2,19,25)/t12-,14-/m0/s1. The number of rotatable bonds is 5. The number of carbonyl (C=O) groups is 1. The van der Waals surface area contributed by atoms with Gasteiger partial charge in [0, 0.05) is 24.4 Å². The number of primary amides is 1. The zero-order valence-corrected chi connectivity index (χ0v) is 14.5. The molecule has 1 aliphatic rings. The summed E-state index contributed by atoms with van der Waals surface area (Å²) in [4.78, 5) is 16.0. The molecule has 2 N–H and O–H groups in total. The summed E-state index contributed by atoms with van der Waals surface area (Å²) in [7, 11) is 1.86. The molecule has 1 aliphatic carbocycles. The van der Waals surface area contributed by atoms with Crippen molar-refractivity contribution in [2.24, 2.45) is 18.7 Å². The van der Waals surface area contributed by atoms with Gasteiger partial charge < -0.3 is 10.5 Å². The van der Waals surface area contributed by atoms with E-state index in [1.807, 2.05) is 25.5 Å². The molecule has 0 unspecified atom stereocenters. The van der Waals surface area contributed by atoms with E-state index < -0.39 is 5.91 Å². The summed E-state index contributed by atoms with van der Waals surface area (Å²) in [5.74, 6) is 0.157. The maximum absolute atomic E-state index is 11.3. The first-order valence-corrected chi connectivity index (χ1v) is 8.50. The molecule has 1 fully saturated rings. The predicted octanol–water partition coefficient (Wildman–Crippen LogP) is 1.72. The van der Waals surface area contributed by atoms with Crippen LogP contribution in [0.5, 0.6) is 5.88 Å². The second-order valence-electron chi connectivity index (χ2n) is 6.63. The first-order chi connectivity index (χ1) is 12.5. The lowest BCUT2D eigenvalue weighted by Crippen LogP contribution is -2.20. The normalized spacial score (nSPS) is 19.7. The van der Waals surface area contributed by atoms with Crippen molar-refractivity contribution in [2.45, 2.75) is 25.4 Å². The number of nitrogens with zero attached hydrogens (tertiary/aromatic N) is 5. The Kier molecular flexibility index (Phi) is 3.95. The fourth-order valence-corrected chi connectivity index (χ4v) is 3.40. The predicted molar refractivity (Wildman–Crippen MR) is 95.3 cm³/mol. The number of ether oxygens (including phenoxy) is 1. The van der Waals surface area contributed by atoms with Crippen LogP contribution in [-0.4, -0.2) is 36.4 Å². The van der Waals surface area contributed by atoms with E-state index in [-0.39, 0.29) is 12.0 Å². The summed E-state index contributed by atoms with van der Waals surface area (Å²) in [6, 6.07) is 1.87. The summed E-state index contributed by atoms with van der Waals surface area (Å²) in [6.07, 6.45) is 9.55. The largest absolute Gasteiger partial charge is 0.473 e. The smallest absolute Gasteiger partial charge is 0.244 e. The van der Waals surface area contributed by atoms with Gasteiger partial charge in [0.2, 0.25) is 11.8 Å². The Balaban J connectivity index is 1.61. The van der Waals surface area contributed by atoms with E-state index in [1.54, 1.807) is 21.6 Å². The first kappa shape index (κ1) is 16.3. The molecule has 0 aromatic carbocycles. The zero-order chi connectivity index (χ0) is 18.3. The Morgan fingerprint density at radius 3 is 2.92 bits per heavy atom. The molecule has 0 spiro atoms. The van der Waals surface area contributed by atoms with Crippen LogP contribution in [0, 0.1) is 5.92 Å². The van der Waals surface area contributed by atoms with Crippen LogP contribution in [0.1, 0.15) is 19.3 Å². The van der Waals surface area contributed by atoms with Gasteiger partial charge in [-0.15, -0.1) is 0 Å². The lowest BCUT2D eigenvalue weighted by molar-refractivity contribution is -0.115. The SMILES string of the molecule is C=C(C(N)=O)[C@H]1CC[C@H](Oc2nc(-c3cnn(C)c3)cn3nccc23)C1. The van der Waals surface area contributed by atoms with Gasteiger partial charge in [-0.1, -0.05) is 6.58 Å². The van der Waals surface area contributed by atoms with E-state index in [2.05, 4.69) is 21.8 Å². The maximum Gasteiger partial charge on any atom is 0.244 e. The van der Waals surface area contributed by atoms with Gasteiger partial charge in [-0.25, -0.2) is 9.50 Å². The van der Waals surface area contributed by atoms with Crippen molar-refractivity contribution < 1.29 is 9.53 Å². The summed E-state index contributed by atoms with van der Waals surface area (Å²) in [6.45, 7) is 3.81. The highest BCUT2D eigenvalue weighted by Crippen LogP contribution is 2.34. The van der Waals surface area contributed by atoms with Crippen molar-refractivity contribution in [2.75, 3.05) is 0 Å². The topological polar surface area (TPSA) is 100 Å². The molecule has 3 heterocycles. The molecule has 3 aromatic heterocycles. The van der Waals surface area contributed by atoms with Gasteiger partial charge in [-0.05, 0) is 31.2 Å². The number of fused-ring (bicyclic) bond motifs is 1. The maximum atomic E-state index is 11.3. The number of aromatic nitrogens is 5. The Labute approximate surface area is 150 Å². The van der Waals surface area contributed by atoms with Crippen LogP contribution in [0.15, 0.2) is 43.0 Å². The van der Waals surface area contributed by atoms with Gasteiger partial charge in [0.1, 0.15) is 11.6 Å². The highest BCUT2D eigenvalue weighted by Gasteiger charge is 2.30. The second-order valence-corrected chi connectivity index (χ2v) is 6.63. The van der Waals surface area contributed by atoms with E-state index >= 15 is 0 Å². The van der Waals surface area contributed by atoms with E-state index in [0.717, 1.165) is 29.6 Å². The molecule has 1 amide bonds. The fourth-order valence-electron chi connectivity index (χ4n) is 3.40. The molecule has 134 valence electrons. The van der Waals surface area contributed by atoms with Gasteiger partial charge in [-0.3, -0.25) is 9.48 Å². The summed E-state index contributed by atoms with van der Waals surface area (Å²) >= 11 is 0. The molecule has 0 saturated heterocycles. The average Bonchev–Trinajstić information content (AvgIpc) is 3.34. The summed E-state index contributed by atoms with van der Waals surface area (Å²) in [5, 5.41) is 8.50. The third-order valence-electron chi connectivity index (χ3n) is 4.83. The van der Waals surface area contributed by atoms with E-state index in [4.69, 9.17) is 10.5 Å². The van der Waals surface area contributed by atoms with Crippen LogP contribution in [0.25, 0.3) is 16.8 Å². The van der Waals surface area contributed by atoms with Crippen molar-refractivity contribution in [3.63, 3.8) is 0 Å². The van der Waals surface area contributed by atoms with Crippen LogP contribution in [0.2, 0.25) is 0 Å². The Morgan fingerprint density at radius 1 is 1.35 bits per heavy atom. The minimum absolute atomic E-state index is 0.0357. The van der Waals surface area contributed by atoms with Crippen LogP contribution < -0.4 is 10.5 Å². The second kappa shape index (κ2) is 6.29. The molecule has 0 radical (unpaired) electrons. The lowest BCUT2D eigenvalue weighted by Gasteiger charge is -2.15. The van der Waals surface area contributed by atoms with E-state index in [0.29, 0.717) is 17.9 Å². The molecule has 0 bridgehead atoms. The molecular weight excluding hydrogens is 332 g/mol. The molecule has 4 rings (SSSR count). The number of aryl methyl sites for hydroxylation is 1. The first-order valence-electron chi connectivity index (χ1n) is 8.50.